The predicted molar refractivity (Wildman–Crippen MR) is 67.9 cm³/mol. The Balaban J connectivity index is 1.95. The van der Waals surface area contributed by atoms with Gasteiger partial charge in [0, 0.05) is 16.6 Å². The largest absolute Gasteiger partial charge is 0.768 e. The minimum atomic E-state index is -2.29. The van der Waals surface area contributed by atoms with Gasteiger partial charge in [0.25, 0.3) is 0 Å². The van der Waals surface area contributed by atoms with Crippen LogP contribution in [-0.2, 0) is 11.1 Å². The molecule has 18 heavy (non-hydrogen) atoms. The van der Waals surface area contributed by atoms with Crippen molar-refractivity contribution in [3.8, 4) is 0 Å². The van der Waals surface area contributed by atoms with E-state index in [2.05, 4.69) is 10.6 Å². The number of hydrogen-bond acceptors (Lipinski definition) is 3. The lowest BCUT2D eigenvalue weighted by Crippen LogP contribution is -2.35. The summed E-state index contributed by atoms with van der Waals surface area (Å²) >= 11 is -2.29. The fourth-order valence-corrected chi connectivity index (χ4v) is 2.18. The Labute approximate surface area is 108 Å². The van der Waals surface area contributed by atoms with Crippen molar-refractivity contribution in [2.75, 3.05) is 5.32 Å². The van der Waals surface area contributed by atoms with E-state index in [0.29, 0.717) is 5.69 Å². The number of carbonyl (C=O) groups is 1. The van der Waals surface area contributed by atoms with Crippen molar-refractivity contribution in [2.45, 2.75) is 23.8 Å². The van der Waals surface area contributed by atoms with Gasteiger partial charge in [0.1, 0.15) is 0 Å². The molecule has 5 nitrogen and oxygen atoms in total. The van der Waals surface area contributed by atoms with E-state index in [1.807, 2.05) is 12.2 Å². The highest BCUT2D eigenvalue weighted by molar-refractivity contribution is 7.79. The zero-order valence-electron chi connectivity index (χ0n) is 9.59. The number of hydrogen-bond donors (Lipinski definition) is 2. The first-order valence-corrected chi connectivity index (χ1v) is 6.66. The SMILES string of the molecule is O=C(Nc1cccc(S(=O)[O-])c1)NC1C=CCC1. The minimum Gasteiger partial charge on any atom is -0.768 e. The number of nitrogens with one attached hydrogen (secondary N) is 2. The summed E-state index contributed by atoms with van der Waals surface area (Å²) in [6, 6.07) is 5.82. The van der Waals surface area contributed by atoms with Gasteiger partial charge in [0.05, 0.1) is 0 Å². The van der Waals surface area contributed by atoms with Crippen molar-refractivity contribution in [3.63, 3.8) is 0 Å². The third-order valence-electron chi connectivity index (χ3n) is 2.61. The van der Waals surface area contributed by atoms with E-state index in [0.717, 1.165) is 12.8 Å². The van der Waals surface area contributed by atoms with E-state index in [-0.39, 0.29) is 17.0 Å². The maximum atomic E-state index is 11.6. The first kappa shape index (κ1) is 12.8. The van der Waals surface area contributed by atoms with Crippen LogP contribution in [0.4, 0.5) is 10.5 Å². The number of carbonyl (C=O) groups excluding carboxylic acids is 1. The number of amides is 2. The van der Waals surface area contributed by atoms with Gasteiger partial charge in [-0.1, -0.05) is 18.2 Å². The van der Waals surface area contributed by atoms with Crippen molar-refractivity contribution in [1.82, 2.24) is 5.32 Å². The van der Waals surface area contributed by atoms with E-state index in [9.17, 15) is 13.6 Å². The molecule has 2 unspecified atom stereocenters. The quantitative estimate of drug-likeness (QED) is 0.645. The Bertz CT molecular complexity index is 502. The molecule has 1 aromatic rings. The van der Waals surface area contributed by atoms with Crippen LogP contribution in [-0.4, -0.2) is 20.8 Å². The summed E-state index contributed by atoms with van der Waals surface area (Å²) in [6.45, 7) is 0. The van der Waals surface area contributed by atoms with Gasteiger partial charge in [-0.3, -0.25) is 4.21 Å². The summed E-state index contributed by atoms with van der Waals surface area (Å²) in [5.41, 5.74) is 0.455. The molecule has 2 amide bonds. The van der Waals surface area contributed by atoms with Crippen molar-refractivity contribution in [1.29, 1.82) is 0 Å². The lowest BCUT2D eigenvalue weighted by Gasteiger charge is -2.13. The Kier molecular flexibility index (Phi) is 4.11. The molecule has 0 saturated carbocycles. The van der Waals surface area contributed by atoms with Gasteiger partial charge in [-0.2, -0.15) is 0 Å². The number of urea groups is 1. The summed E-state index contributed by atoms with van der Waals surface area (Å²) < 4.78 is 21.6. The van der Waals surface area contributed by atoms with Crippen LogP contribution >= 0.6 is 0 Å². The molecule has 1 aromatic carbocycles. The molecule has 0 fully saturated rings. The van der Waals surface area contributed by atoms with Gasteiger partial charge < -0.3 is 15.2 Å². The Morgan fingerprint density at radius 3 is 2.94 bits per heavy atom. The van der Waals surface area contributed by atoms with Gasteiger partial charge in [0.2, 0.25) is 0 Å². The van der Waals surface area contributed by atoms with Crippen molar-refractivity contribution < 1.29 is 13.6 Å². The number of anilines is 1. The highest BCUT2D eigenvalue weighted by Crippen LogP contribution is 2.13. The average Bonchev–Trinajstić information content (AvgIpc) is 2.82. The van der Waals surface area contributed by atoms with Crippen LogP contribution in [0.15, 0.2) is 41.3 Å². The zero-order valence-corrected chi connectivity index (χ0v) is 10.4. The maximum absolute atomic E-state index is 11.6. The fourth-order valence-electron chi connectivity index (χ4n) is 1.77. The summed E-state index contributed by atoms with van der Waals surface area (Å²) in [5.74, 6) is 0. The minimum absolute atomic E-state index is 0.0572. The summed E-state index contributed by atoms with van der Waals surface area (Å²) in [7, 11) is 0. The van der Waals surface area contributed by atoms with Crippen LogP contribution < -0.4 is 10.6 Å². The van der Waals surface area contributed by atoms with Crippen LogP contribution in [0.1, 0.15) is 12.8 Å². The molecule has 2 N–H and O–H groups in total. The first-order valence-electron chi connectivity index (χ1n) is 5.58. The van der Waals surface area contributed by atoms with Crippen LogP contribution in [0.2, 0.25) is 0 Å². The third kappa shape index (κ3) is 3.41. The normalized spacial score (nSPS) is 19.5. The second-order valence-corrected chi connectivity index (χ2v) is 4.91. The van der Waals surface area contributed by atoms with E-state index >= 15 is 0 Å². The topological polar surface area (TPSA) is 81.3 Å². The molecule has 0 radical (unpaired) electrons. The number of benzene rings is 1. The monoisotopic (exact) mass is 265 g/mol. The standard InChI is InChI=1S/C12H14N2O3S/c15-12(13-9-4-1-2-5-9)14-10-6-3-7-11(8-10)18(16)17/h1,3-4,6-9H,2,5H2,(H,16,17)(H2,13,14,15)/p-1. The Morgan fingerprint density at radius 2 is 2.28 bits per heavy atom. The van der Waals surface area contributed by atoms with Crippen LogP contribution in [0.5, 0.6) is 0 Å². The van der Waals surface area contributed by atoms with E-state index in [1.54, 1.807) is 12.1 Å². The highest BCUT2D eigenvalue weighted by Gasteiger charge is 2.12. The summed E-state index contributed by atoms with van der Waals surface area (Å²) in [4.78, 5) is 11.8. The Morgan fingerprint density at radius 1 is 1.44 bits per heavy atom. The van der Waals surface area contributed by atoms with Crippen LogP contribution in [0.3, 0.4) is 0 Å². The molecule has 2 atom stereocenters. The van der Waals surface area contributed by atoms with Gasteiger partial charge in [-0.05, 0) is 42.1 Å². The molecule has 96 valence electrons. The van der Waals surface area contributed by atoms with Crippen molar-refractivity contribution in [2.24, 2.45) is 0 Å². The van der Waals surface area contributed by atoms with Gasteiger partial charge in [0.15, 0.2) is 0 Å². The predicted octanol–water partition coefficient (Wildman–Crippen LogP) is 1.76. The molecule has 2 rings (SSSR count). The summed E-state index contributed by atoms with van der Waals surface area (Å²) in [5, 5.41) is 5.39. The highest BCUT2D eigenvalue weighted by atomic mass is 32.2. The van der Waals surface area contributed by atoms with Gasteiger partial charge >= 0.3 is 6.03 Å². The van der Waals surface area contributed by atoms with Crippen molar-refractivity contribution >= 4 is 22.8 Å². The van der Waals surface area contributed by atoms with Gasteiger partial charge in [-0.25, -0.2) is 4.79 Å². The number of allylic oxidation sites excluding steroid dienone is 1. The van der Waals surface area contributed by atoms with Crippen LogP contribution in [0.25, 0.3) is 0 Å². The average molecular weight is 265 g/mol. The Hall–Kier alpha value is -1.66. The number of rotatable bonds is 3. The molecule has 6 heteroatoms. The molecule has 0 aliphatic heterocycles. The van der Waals surface area contributed by atoms with E-state index in [1.165, 1.54) is 12.1 Å². The molecule has 0 bridgehead atoms. The zero-order chi connectivity index (χ0) is 13.0. The molecule has 1 aliphatic rings. The second-order valence-electron chi connectivity index (χ2n) is 3.97. The van der Waals surface area contributed by atoms with Crippen LogP contribution in [0, 0.1) is 0 Å². The molecule has 0 aromatic heterocycles. The maximum Gasteiger partial charge on any atom is 0.319 e. The molecule has 0 heterocycles. The van der Waals surface area contributed by atoms with E-state index in [4.69, 9.17) is 0 Å². The molecule has 1 aliphatic carbocycles. The summed E-state index contributed by atoms with van der Waals surface area (Å²) in [6.07, 6.45) is 5.84. The fraction of sp³-hybridized carbons (Fsp3) is 0.250. The van der Waals surface area contributed by atoms with Crippen molar-refractivity contribution in [3.05, 3.63) is 36.4 Å². The molecular formula is C12H13N2O3S-. The lowest BCUT2D eigenvalue weighted by molar-refractivity contribution is 0.250. The van der Waals surface area contributed by atoms with Gasteiger partial charge in [-0.15, -0.1) is 0 Å². The second kappa shape index (κ2) is 5.79. The molecule has 0 spiro atoms. The molecular weight excluding hydrogens is 252 g/mol. The third-order valence-corrected chi connectivity index (χ3v) is 3.25. The molecule has 0 saturated heterocycles. The lowest BCUT2D eigenvalue weighted by atomic mass is 10.3. The smallest absolute Gasteiger partial charge is 0.319 e. The first-order chi connectivity index (χ1) is 8.65. The van der Waals surface area contributed by atoms with E-state index < -0.39 is 11.1 Å².